The van der Waals surface area contributed by atoms with Crippen molar-refractivity contribution in [3.05, 3.63) is 108 Å². The molecule has 0 aliphatic carbocycles. The molecule has 0 bridgehead atoms. The van der Waals surface area contributed by atoms with Gasteiger partial charge in [-0.1, -0.05) is 58.6 Å². The molecule has 1 unspecified atom stereocenters. The van der Waals surface area contributed by atoms with Crippen LogP contribution in [0.1, 0.15) is 51.3 Å². The average molecular weight is 488 g/mol. The number of rotatable bonds is 12. The Bertz CT molecular complexity index is 1140. The maximum absolute atomic E-state index is 13.8. The molecule has 2 aromatic rings. The van der Waals surface area contributed by atoms with E-state index in [9.17, 15) is 4.39 Å². The van der Waals surface area contributed by atoms with E-state index in [2.05, 4.69) is 61.2 Å². The molecule has 0 fully saturated rings. The summed E-state index contributed by atoms with van der Waals surface area (Å²) in [6.07, 6.45) is 13.6. The van der Waals surface area contributed by atoms with Gasteiger partial charge in [-0.25, -0.2) is 9.37 Å². The van der Waals surface area contributed by atoms with E-state index >= 15 is 0 Å². The lowest BCUT2D eigenvalue weighted by atomic mass is 9.88. The highest BCUT2D eigenvalue weighted by Gasteiger charge is 2.15. The monoisotopic (exact) mass is 487 g/mol. The van der Waals surface area contributed by atoms with Crippen molar-refractivity contribution in [2.24, 2.45) is 9.98 Å². The van der Waals surface area contributed by atoms with Crippen molar-refractivity contribution in [2.45, 2.75) is 45.6 Å². The second-order valence-electron chi connectivity index (χ2n) is 9.37. The summed E-state index contributed by atoms with van der Waals surface area (Å²) < 4.78 is 13.8. The smallest absolute Gasteiger partial charge is 0.127 e. The fourth-order valence-corrected chi connectivity index (χ4v) is 3.69. The average Bonchev–Trinajstić information content (AvgIpc) is 2.84. The van der Waals surface area contributed by atoms with Crippen LogP contribution in [0.25, 0.3) is 0 Å². The highest BCUT2D eigenvalue weighted by Crippen LogP contribution is 2.25. The van der Waals surface area contributed by atoms with Crippen LogP contribution >= 0.6 is 0 Å². The number of pyridine rings is 1. The van der Waals surface area contributed by atoms with Crippen molar-refractivity contribution < 1.29 is 4.39 Å². The van der Waals surface area contributed by atoms with Gasteiger partial charge in [-0.2, -0.15) is 0 Å². The molecular formula is C30H38FN5. The van der Waals surface area contributed by atoms with Crippen LogP contribution in [0.5, 0.6) is 0 Å². The van der Waals surface area contributed by atoms with Crippen LogP contribution in [-0.4, -0.2) is 36.0 Å². The highest BCUT2D eigenvalue weighted by atomic mass is 19.1. The van der Waals surface area contributed by atoms with Gasteiger partial charge >= 0.3 is 0 Å². The summed E-state index contributed by atoms with van der Waals surface area (Å²) >= 11 is 0. The van der Waals surface area contributed by atoms with E-state index in [1.807, 2.05) is 43.6 Å². The fraction of sp³-hybridized carbons (Fsp3) is 0.300. The molecule has 0 aliphatic rings. The van der Waals surface area contributed by atoms with Gasteiger partial charge in [-0.3, -0.25) is 9.98 Å². The number of nitrogens with one attached hydrogen (secondary N) is 1. The van der Waals surface area contributed by atoms with E-state index < -0.39 is 0 Å². The summed E-state index contributed by atoms with van der Waals surface area (Å²) in [5.74, 6) is 0.531. The minimum Gasteiger partial charge on any atom is -0.373 e. The van der Waals surface area contributed by atoms with Gasteiger partial charge in [0.25, 0.3) is 0 Å². The fourth-order valence-electron chi connectivity index (χ4n) is 3.69. The summed E-state index contributed by atoms with van der Waals surface area (Å²) in [4.78, 5) is 15.1. The van der Waals surface area contributed by atoms with E-state index in [1.165, 1.54) is 11.6 Å². The topological polar surface area (TPSA) is 52.9 Å². The van der Waals surface area contributed by atoms with Gasteiger partial charge in [0.2, 0.25) is 0 Å². The van der Waals surface area contributed by atoms with Crippen molar-refractivity contribution in [1.82, 2.24) is 9.88 Å². The van der Waals surface area contributed by atoms with Crippen LogP contribution in [-0.2, 0) is 5.41 Å². The minimum atomic E-state index is -0.234. The first-order valence-electron chi connectivity index (χ1n) is 12.1. The molecule has 0 amide bonds. The summed E-state index contributed by atoms with van der Waals surface area (Å²) in [7, 11) is 1.98. The molecule has 6 heteroatoms. The van der Waals surface area contributed by atoms with E-state index in [4.69, 9.17) is 4.99 Å². The van der Waals surface area contributed by atoms with Gasteiger partial charge < -0.3 is 10.2 Å². The number of aliphatic imine (C=N–C) groups is 2. The Balaban J connectivity index is 2.25. The van der Waals surface area contributed by atoms with Crippen LogP contribution in [0.15, 0.2) is 101 Å². The third-order valence-corrected chi connectivity index (χ3v) is 5.67. The maximum Gasteiger partial charge on any atom is 0.127 e. The Morgan fingerprint density at radius 1 is 1.22 bits per heavy atom. The zero-order chi connectivity index (χ0) is 26.6. The molecule has 1 heterocycles. The number of nitrogens with zero attached hydrogens (tertiary/aromatic N) is 4. The standard InChI is InChI=1S/C30H38FN5/c1-8-11-23(16-19-36(7)28(9-2)24-12-10-13-26(31)20-24)27(15-17-32-6)34-22-35-29-21-25(14-18-33-29)30(3,4)5/h8,10-21,28H,1,6,9,22H2,2-5,7H3,(H,33,35)/b17-15-,19-16-,23-11+,34-27+. The normalized spacial score (nSPS) is 13.7. The highest BCUT2D eigenvalue weighted by molar-refractivity contribution is 6.10. The molecule has 0 spiro atoms. The van der Waals surface area contributed by atoms with Gasteiger partial charge in [-0.15, -0.1) is 0 Å². The van der Waals surface area contributed by atoms with Gasteiger partial charge in [0, 0.05) is 25.0 Å². The first-order valence-corrected chi connectivity index (χ1v) is 12.1. The number of allylic oxidation sites excluding steroid dienone is 5. The van der Waals surface area contributed by atoms with Crippen LogP contribution in [0.4, 0.5) is 10.2 Å². The molecule has 1 aromatic carbocycles. The van der Waals surface area contributed by atoms with Crippen LogP contribution in [0.3, 0.4) is 0 Å². The maximum atomic E-state index is 13.8. The van der Waals surface area contributed by atoms with Gasteiger partial charge in [0.1, 0.15) is 18.3 Å². The number of hydrogen-bond donors (Lipinski definition) is 1. The first kappa shape index (κ1) is 28.4. The Kier molecular flexibility index (Phi) is 11.0. The summed E-state index contributed by atoms with van der Waals surface area (Å²) in [5.41, 5.74) is 3.72. The van der Waals surface area contributed by atoms with E-state index in [1.54, 1.807) is 36.7 Å². The molecule has 0 radical (unpaired) electrons. The van der Waals surface area contributed by atoms with E-state index in [0.717, 1.165) is 23.4 Å². The number of hydrogen-bond acceptors (Lipinski definition) is 5. The molecule has 1 atom stereocenters. The second kappa shape index (κ2) is 13.9. The molecule has 5 nitrogen and oxygen atoms in total. The second-order valence-corrected chi connectivity index (χ2v) is 9.37. The number of halogens is 1. The zero-order valence-corrected chi connectivity index (χ0v) is 22.1. The lowest BCUT2D eigenvalue weighted by Crippen LogP contribution is -2.18. The molecule has 0 saturated carbocycles. The Morgan fingerprint density at radius 2 is 2.00 bits per heavy atom. The summed E-state index contributed by atoms with van der Waals surface area (Å²) in [6, 6.07) is 10.8. The van der Waals surface area contributed by atoms with Gasteiger partial charge in [0.15, 0.2) is 0 Å². The molecule has 36 heavy (non-hydrogen) atoms. The van der Waals surface area contributed by atoms with Crippen molar-refractivity contribution in [3.8, 4) is 0 Å². The Hall–Kier alpha value is -3.80. The number of benzene rings is 1. The molecule has 190 valence electrons. The van der Waals surface area contributed by atoms with Crippen LogP contribution in [0.2, 0.25) is 0 Å². The first-order chi connectivity index (χ1) is 17.2. The van der Waals surface area contributed by atoms with E-state index in [-0.39, 0.29) is 17.3 Å². The van der Waals surface area contributed by atoms with Crippen molar-refractivity contribution in [1.29, 1.82) is 0 Å². The number of anilines is 1. The lowest BCUT2D eigenvalue weighted by Gasteiger charge is -2.26. The van der Waals surface area contributed by atoms with E-state index in [0.29, 0.717) is 12.4 Å². The number of aromatic nitrogens is 1. The molecule has 0 aliphatic heterocycles. The largest absolute Gasteiger partial charge is 0.373 e. The Labute approximate surface area is 215 Å². The molecule has 1 aromatic heterocycles. The van der Waals surface area contributed by atoms with Crippen molar-refractivity contribution in [3.63, 3.8) is 0 Å². The van der Waals surface area contributed by atoms with Gasteiger partial charge in [-0.05, 0) is 72.3 Å². The van der Waals surface area contributed by atoms with Crippen LogP contribution in [0, 0.1) is 5.82 Å². The minimum absolute atomic E-state index is 0.0325. The quantitative estimate of drug-likeness (QED) is 0.253. The summed E-state index contributed by atoms with van der Waals surface area (Å²) in [5, 5.41) is 3.28. The SMILES string of the molecule is C=C/C=C(\C=C/N(C)C(CC)c1cccc(F)c1)C(/C=C\N=C)=N/CNc1cc(C(C)(C)C)ccn1. The van der Waals surface area contributed by atoms with Crippen molar-refractivity contribution in [2.75, 3.05) is 19.0 Å². The predicted octanol–water partition coefficient (Wildman–Crippen LogP) is 7.25. The van der Waals surface area contributed by atoms with Crippen LogP contribution < -0.4 is 5.32 Å². The van der Waals surface area contributed by atoms with Crippen molar-refractivity contribution >= 4 is 18.2 Å². The molecular weight excluding hydrogens is 449 g/mol. The predicted molar refractivity (Wildman–Crippen MR) is 152 cm³/mol. The third-order valence-electron chi connectivity index (χ3n) is 5.67. The zero-order valence-electron chi connectivity index (χ0n) is 22.1. The molecule has 2 rings (SSSR count). The molecule has 1 N–H and O–H groups in total. The molecule has 0 saturated heterocycles. The summed E-state index contributed by atoms with van der Waals surface area (Å²) in [6.45, 7) is 16.3. The van der Waals surface area contributed by atoms with Gasteiger partial charge in [0.05, 0.1) is 11.8 Å². The third kappa shape index (κ3) is 8.77. The lowest BCUT2D eigenvalue weighted by molar-refractivity contribution is 0.327. The Morgan fingerprint density at radius 3 is 2.64 bits per heavy atom.